The van der Waals surface area contributed by atoms with Gasteiger partial charge in [-0.25, -0.2) is 0 Å². The van der Waals surface area contributed by atoms with E-state index in [4.69, 9.17) is 13.6 Å². The van der Waals surface area contributed by atoms with Crippen LogP contribution in [0.15, 0.2) is 0 Å². The van der Waals surface area contributed by atoms with Crippen LogP contribution in [0.3, 0.4) is 0 Å². The number of ether oxygens (including phenoxy) is 1. The van der Waals surface area contributed by atoms with Crippen molar-refractivity contribution in [2.45, 2.75) is 59.2 Å². The molecule has 1 aliphatic heterocycles. The van der Waals surface area contributed by atoms with Crippen LogP contribution in [-0.4, -0.2) is 34.5 Å². The van der Waals surface area contributed by atoms with E-state index >= 15 is 0 Å². The number of hydrogen-bond acceptors (Lipinski definition) is 3. The molecule has 0 aromatic heterocycles. The molecule has 0 aliphatic carbocycles. The maximum Gasteiger partial charge on any atom is 0.334 e. The highest BCUT2D eigenvalue weighted by atomic mass is 28.4. The maximum atomic E-state index is 6.38. The molecule has 0 aromatic carbocycles. The van der Waals surface area contributed by atoms with Gasteiger partial charge >= 0.3 is 8.56 Å². The molecule has 102 valence electrons. The Kier molecular flexibility index (Phi) is 5.63. The Bertz CT molecular complexity index is 231. The Morgan fingerprint density at radius 2 is 1.94 bits per heavy atom. The molecular weight excluding hydrogens is 232 g/mol. The van der Waals surface area contributed by atoms with Crippen molar-refractivity contribution in [2.75, 3.05) is 19.8 Å². The van der Waals surface area contributed by atoms with E-state index in [1.807, 2.05) is 0 Å². The highest BCUT2D eigenvalue weighted by Crippen LogP contribution is 2.36. The minimum atomic E-state index is -1.98. The summed E-state index contributed by atoms with van der Waals surface area (Å²) in [5, 5.41) is 0. The van der Waals surface area contributed by atoms with Gasteiger partial charge in [0, 0.05) is 12.0 Å². The van der Waals surface area contributed by atoms with E-state index in [2.05, 4.69) is 34.2 Å². The van der Waals surface area contributed by atoms with Crippen LogP contribution in [0.25, 0.3) is 0 Å². The van der Waals surface area contributed by atoms with Crippen LogP contribution in [0, 0.1) is 5.41 Å². The third-order valence-electron chi connectivity index (χ3n) is 3.66. The summed E-state index contributed by atoms with van der Waals surface area (Å²) in [6, 6.07) is 1.01. The van der Waals surface area contributed by atoms with Gasteiger partial charge in [-0.1, -0.05) is 27.7 Å². The molecule has 0 amide bonds. The highest BCUT2D eigenvalue weighted by Gasteiger charge is 2.45. The third kappa shape index (κ3) is 3.78. The first-order chi connectivity index (χ1) is 7.99. The SMILES string of the molecule is CCCO[Si](C)(CC)OC(CC)C1(C)COC1. The number of hydrogen-bond donors (Lipinski definition) is 0. The van der Waals surface area contributed by atoms with Crippen molar-refractivity contribution in [3.63, 3.8) is 0 Å². The molecule has 0 N–H and O–H groups in total. The Morgan fingerprint density at radius 1 is 1.29 bits per heavy atom. The van der Waals surface area contributed by atoms with E-state index in [0.717, 1.165) is 38.7 Å². The quantitative estimate of drug-likeness (QED) is 0.627. The topological polar surface area (TPSA) is 27.7 Å². The minimum Gasteiger partial charge on any atom is -0.394 e. The van der Waals surface area contributed by atoms with Gasteiger partial charge in [0.25, 0.3) is 0 Å². The molecule has 0 saturated carbocycles. The molecule has 1 saturated heterocycles. The summed E-state index contributed by atoms with van der Waals surface area (Å²) in [4.78, 5) is 0. The average molecular weight is 260 g/mol. The summed E-state index contributed by atoms with van der Waals surface area (Å²) in [7, 11) is -1.98. The second kappa shape index (κ2) is 6.32. The summed E-state index contributed by atoms with van der Waals surface area (Å²) in [6.45, 7) is 13.4. The molecule has 2 unspecified atom stereocenters. The summed E-state index contributed by atoms with van der Waals surface area (Å²) < 4.78 is 17.7. The van der Waals surface area contributed by atoms with Crippen LogP contribution >= 0.6 is 0 Å². The highest BCUT2D eigenvalue weighted by molar-refractivity contribution is 6.66. The zero-order valence-electron chi connectivity index (χ0n) is 12.0. The second-order valence-corrected chi connectivity index (χ2v) is 9.00. The van der Waals surface area contributed by atoms with Gasteiger partial charge in [0.1, 0.15) is 0 Å². The standard InChI is InChI=1S/C13H28O3Si/c1-6-9-15-17(5,8-3)16-12(7-2)13(4)10-14-11-13/h12H,6-11H2,1-5H3. The van der Waals surface area contributed by atoms with Gasteiger partial charge in [0.2, 0.25) is 0 Å². The lowest BCUT2D eigenvalue weighted by molar-refractivity contribution is -0.160. The summed E-state index contributed by atoms with van der Waals surface area (Å²) in [6.07, 6.45) is 2.38. The van der Waals surface area contributed by atoms with Crippen LogP contribution in [0.5, 0.6) is 0 Å². The zero-order chi connectivity index (χ0) is 12.9. The molecule has 0 spiro atoms. The fourth-order valence-electron chi connectivity index (χ4n) is 2.17. The second-order valence-electron chi connectivity index (χ2n) is 5.50. The van der Waals surface area contributed by atoms with E-state index in [1.165, 1.54) is 0 Å². The van der Waals surface area contributed by atoms with Crippen molar-refractivity contribution < 1.29 is 13.6 Å². The lowest BCUT2D eigenvalue weighted by atomic mass is 9.81. The van der Waals surface area contributed by atoms with Gasteiger partial charge in [-0.15, -0.1) is 0 Å². The van der Waals surface area contributed by atoms with Crippen molar-refractivity contribution in [1.82, 2.24) is 0 Å². The van der Waals surface area contributed by atoms with Crippen LogP contribution in [0.2, 0.25) is 12.6 Å². The Balaban J connectivity index is 2.57. The first kappa shape index (κ1) is 15.2. The largest absolute Gasteiger partial charge is 0.394 e. The first-order valence-corrected chi connectivity index (χ1v) is 9.41. The van der Waals surface area contributed by atoms with Gasteiger partial charge in [-0.2, -0.15) is 0 Å². The predicted octanol–water partition coefficient (Wildman–Crippen LogP) is 3.34. The Labute approximate surface area is 107 Å². The molecule has 17 heavy (non-hydrogen) atoms. The molecule has 0 bridgehead atoms. The first-order valence-electron chi connectivity index (χ1n) is 6.89. The van der Waals surface area contributed by atoms with Crippen LogP contribution < -0.4 is 0 Å². The molecule has 4 heteroatoms. The molecular formula is C13H28O3Si. The van der Waals surface area contributed by atoms with Crippen molar-refractivity contribution in [1.29, 1.82) is 0 Å². The minimum absolute atomic E-state index is 0.202. The molecule has 0 aromatic rings. The molecule has 1 heterocycles. The van der Waals surface area contributed by atoms with Gasteiger partial charge in [0.15, 0.2) is 0 Å². The van der Waals surface area contributed by atoms with Gasteiger partial charge in [-0.05, 0) is 25.4 Å². The van der Waals surface area contributed by atoms with Crippen molar-refractivity contribution in [2.24, 2.45) is 5.41 Å². The summed E-state index contributed by atoms with van der Waals surface area (Å²) >= 11 is 0. The van der Waals surface area contributed by atoms with Crippen molar-refractivity contribution >= 4 is 8.56 Å². The van der Waals surface area contributed by atoms with Crippen molar-refractivity contribution in [3.05, 3.63) is 0 Å². The lowest BCUT2D eigenvalue weighted by Gasteiger charge is -2.46. The van der Waals surface area contributed by atoms with Crippen LogP contribution in [-0.2, 0) is 13.6 Å². The molecule has 1 rings (SSSR count). The van der Waals surface area contributed by atoms with E-state index in [0.29, 0.717) is 0 Å². The fourth-order valence-corrected chi connectivity index (χ4v) is 4.29. The summed E-state index contributed by atoms with van der Waals surface area (Å²) in [5.74, 6) is 0. The van der Waals surface area contributed by atoms with Gasteiger partial charge < -0.3 is 13.6 Å². The maximum absolute atomic E-state index is 6.38. The third-order valence-corrected chi connectivity index (χ3v) is 6.54. The molecule has 1 aliphatic rings. The van der Waals surface area contributed by atoms with Gasteiger partial charge in [0.05, 0.1) is 19.3 Å². The van der Waals surface area contributed by atoms with E-state index in [-0.39, 0.29) is 11.5 Å². The predicted molar refractivity (Wildman–Crippen MR) is 72.4 cm³/mol. The molecule has 2 atom stereocenters. The van der Waals surface area contributed by atoms with Gasteiger partial charge in [-0.3, -0.25) is 0 Å². The monoisotopic (exact) mass is 260 g/mol. The number of rotatable bonds is 8. The Morgan fingerprint density at radius 3 is 2.29 bits per heavy atom. The van der Waals surface area contributed by atoms with E-state index in [1.54, 1.807) is 0 Å². The normalized spacial score (nSPS) is 23.8. The smallest absolute Gasteiger partial charge is 0.334 e. The summed E-state index contributed by atoms with van der Waals surface area (Å²) in [5.41, 5.74) is 0.202. The zero-order valence-corrected chi connectivity index (χ0v) is 13.0. The van der Waals surface area contributed by atoms with E-state index < -0.39 is 8.56 Å². The van der Waals surface area contributed by atoms with E-state index in [9.17, 15) is 0 Å². The molecule has 3 nitrogen and oxygen atoms in total. The fraction of sp³-hybridized carbons (Fsp3) is 1.00. The average Bonchev–Trinajstić information content (AvgIpc) is 2.30. The van der Waals surface area contributed by atoms with Crippen LogP contribution in [0.1, 0.15) is 40.5 Å². The lowest BCUT2D eigenvalue weighted by Crippen LogP contribution is -2.54. The van der Waals surface area contributed by atoms with Crippen molar-refractivity contribution in [3.8, 4) is 0 Å². The van der Waals surface area contributed by atoms with Crippen LogP contribution in [0.4, 0.5) is 0 Å². The molecule has 1 fully saturated rings. The molecule has 0 radical (unpaired) electrons. The Hall–Kier alpha value is 0.0969.